The fourth-order valence-corrected chi connectivity index (χ4v) is 4.63. The van der Waals surface area contributed by atoms with E-state index in [4.69, 9.17) is 0 Å². The van der Waals surface area contributed by atoms with Gasteiger partial charge < -0.3 is 5.32 Å². The van der Waals surface area contributed by atoms with E-state index in [1.807, 2.05) is 25.7 Å². The molecule has 6 heteroatoms. The van der Waals surface area contributed by atoms with Crippen LogP contribution in [-0.2, 0) is 10.0 Å². The van der Waals surface area contributed by atoms with Gasteiger partial charge in [0.05, 0.1) is 5.75 Å². The molecular weight excluding hydrogens is 232 g/mol. The maximum absolute atomic E-state index is 12.0. The van der Waals surface area contributed by atoms with Crippen LogP contribution in [-0.4, -0.2) is 56.2 Å². The van der Waals surface area contributed by atoms with Crippen molar-refractivity contribution in [3.8, 4) is 0 Å². The van der Waals surface area contributed by atoms with Crippen LogP contribution in [0.2, 0.25) is 0 Å². The Hall–Kier alpha value is 0.220. The maximum Gasteiger partial charge on any atom is 0.214 e. The third-order valence-electron chi connectivity index (χ3n) is 2.49. The fourth-order valence-electron chi connectivity index (χ4n) is 1.67. The Kier molecular flexibility index (Phi) is 5.38. The number of thioether (sulfide) groups is 1. The fraction of sp³-hybridized carbons (Fsp3) is 1.00. The molecule has 0 aromatic heterocycles. The van der Waals surface area contributed by atoms with Crippen molar-refractivity contribution < 1.29 is 8.42 Å². The number of nitrogens with zero attached hydrogens (tertiary/aromatic N) is 1. The second kappa shape index (κ2) is 6.08. The van der Waals surface area contributed by atoms with Gasteiger partial charge in [-0.3, -0.25) is 0 Å². The lowest BCUT2D eigenvalue weighted by molar-refractivity contribution is 0.367. The molecule has 1 unspecified atom stereocenters. The monoisotopic (exact) mass is 252 g/mol. The Labute approximate surface area is 96.8 Å². The number of sulfonamides is 1. The van der Waals surface area contributed by atoms with E-state index in [1.165, 1.54) is 0 Å². The molecule has 1 N–H and O–H groups in total. The molecule has 0 aliphatic carbocycles. The van der Waals surface area contributed by atoms with Crippen LogP contribution in [0.15, 0.2) is 0 Å². The van der Waals surface area contributed by atoms with Crippen molar-refractivity contribution in [2.24, 2.45) is 0 Å². The summed E-state index contributed by atoms with van der Waals surface area (Å²) in [5, 5.41) is 2.97. The molecule has 1 atom stereocenters. The summed E-state index contributed by atoms with van der Waals surface area (Å²) >= 11 is 1.83. The summed E-state index contributed by atoms with van der Waals surface area (Å²) in [5.41, 5.74) is 0. The number of rotatable bonds is 5. The standard InChI is InChI=1S/C9H20N2O2S2/c1-9-8-14-6-5-11(9)15(12,13)7-3-4-10-2/h9-10H,3-8H2,1-2H3. The largest absolute Gasteiger partial charge is 0.320 e. The minimum absolute atomic E-state index is 0.156. The van der Waals surface area contributed by atoms with E-state index in [-0.39, 0.29) is 11.8 Å². The number of hydrogen-bond donors (Lipinski definition) is 1. The van der Waals surface area contributed by atoms with Crippen LogP contribution in [0, 0.1) is 0 Å². The summed E-state index contributed by atoms with van der Waals surface area (Å²) < 4.78 is 25.6. The lowest BCUT2D eigenvalue weighted by Gasteiger charge is -2.31. The number of nitrogens with one attached hydrogen (secondary N) is 1. The van der Waals surface area contributed by atoms with Crippen LogP contribution in [0.1, 0.15) is 13.3 Å². The molecule has 0 bridgehead atoms. The molecule has 1 aliphatic rings. The molecule has 0 aromatic rings. The van der Waals surface area contributed by atoms with Crippen LogP contribution in [0.3, 0.4) is 0 Å². The Balaban J connectivity index is 2.51. The Morgan fingerprint density at radius 2 is 2.27 bits per heavy atom. The van der Waals surface area contributed by atoms with E-state index in [0.717, 1.165) is 18.1 Å². The summed E-state index contributed by atoms with van der Waals surface area (Å²) in [5.74, 6) is 2.11. The zero-order chi connectivity index (χ0) is 11.3. The molecule has 0 saturated carbocycles. The van der Waals surface area contributed by atoms with Gasteiger partial charge in [-0.15, -0.1) is 0 Å². The molecule has 15 heavy (non-hydrogen) atoms. The van der Waals surface area contributed by atoms with Gasteiger partial charge in [-0.25, -0.2) is 8.42 Å². The SMILES string of the molecule is CNCCCS(=O)(=O)N1CCSCC1C. The summed E-state index contributed by atoms with van der Waals surface area (Å²) in [6, 6.07) is 0.156. The quantitative estimate of drug-likeness (QED) is 0.718. The van der Waals surface area contributed by atoms with E-state index < -0.39 is 10.0 Å². The maximum atomic E-state index is 12.0. The molecule has 0 aromatic carbocycles. The van der Waals surface area contributed by atoms with Gasteiger partial charge in [0.25, 0.3) is 0 Å². The molecule has 0 radical (unpaired) electrons. The molecule has 1 saturated heterocycles. The molecule has 90 valence electrons. The van der Waals surface area contributed by atoms with Crippen LogP contribution in [0.4, 0.5) is 0 Å². The zero-order valence-electron chi connectivity index (χ0n) is 9.40. The molecule has 1 rings (SSSR count). The van der Waals surface area contributed by atoms with Gasteiger partial charge in [0.2, 0.25) is 10.0 Å². The first-order chi connectivity index (χ1) is 7.08. The molecule has 1 aliphatic heterocycles. The van der Waals surface area contributed by atoms with E-state index in [1.54, 1.807) is 4.31 Å². The van der Waals surface area contributed by atoms with Crippen molar-refractivity contribution in [1.29, 1.82) is 0 Å². The van der Waals surface area contributed by atoms with Crippen molar-refractivity contribution in [2.75, 3.05) is 37.4 Å². The molecule has 0 amide bonds. The highest BCUT2D eigenvalue weighted by atomic mass is 32.2. The summed E-state index contributed by atoms with van der Waals surface area (Å²) in [6.07, 6.45) is 0.690. The second-order valence-electron chi connectivity index (χ2n) is 3.81. The van der Waals surface area contributed by atoms with Crippen LogP contribution in [0.25, 0.3) is 0 Å². The van der Waals surface area contributed by atoms with E-state index in [9.17, 15) is 8.42 Å². The Bertz CT molecular complexity index is 280. The van der Waals surface area contributed by atoms with E-state index >= 15 is 0 Å². The highest BCUT2D eigenvalue weighted by Crippen LogP contribution is 2.19. The predicted molar refractivity (Wildman–Crippen MR) is 65.8 cm³/mol. The van der Waals surface area contributed by atoms with Crippen molar-refractivity contribution in [1.82, 2.24) is 9.62 Å². The second-order valence-corrected chi connectivity index (χ2v) is 7.00. The Morgan fingerprint density at radius 1 is 1.53 bits per heavy atom. The van der Waals surface area contributed by atoms with Gasteiger partial charge in [-0.05, 0) is 26.9 Å². The average molecular weight is 252 g/mol. The topological polar surface area (TPSA) is 49.4 Å². The van der Waals surface area contributed by atoms with Gasteiger partial charge >= 0.3 is 0 Å². The molecular formula is C9H20N2O2S2. The minimum atomic E-state index is -3.02. The first-order valence-corrected chi connectivity index (χ1v) is 8.06. The summed E-state index contributed by atoms with van der Waals surface area (Å²) in [4.78, 5) is 0. The summed E-state index contributed by atoms with van der Waals surface area (Å²) in [6.45, 7) is 3.42. The first-order valence-electron chi connectivity index (χ1n) is 5.30. The highest BCUT2D eigenvalue weighted by Gasteiger charge is 2.28. The predicted octanol–water partition coefficient (Wildman–Crippen LogP) is 0.363. The lowest BCUT2D eigenvalue weighted by Crippen LogP contribution is -2.45. The molecule has 0 spiro atoms. The van der Waals surface area contributed by atoms with Crippen LogP contribution >= 0.6 is 11.8 Å². The van der Waals surface area contributed by atoms with E-state index in [0.29, 0.717) is 13.0 Å². The number of hydrogen-bond acceptors (Lipinski definition) is 4. The smallest absolute Gasteiger partial charge is 0.214 e. The third kappa shape index (κ3) is 3.94. The molecule has 1 fully saturated rings. The first kappa shape index (κ1) is 13.3. The minimum Gasteiger partial charge on any atom is -0.320 e. The molecule has 4 nitrogen and oxygen atoms in total. The summed E-state index contributed by atoms with van der Waals surface area (Å²) in [7, 11) is -1.18. The zero-order valence-corrected chi connectivity index (χ0v) is 11.0. The highest BCUT2D eigenvalue weighted by molar-refractivity contribution is 7.99. The average Bonchev–Trinajstić information content (AvgIpc) is 2.18. The van der Waals surface area contributed by atoms with Crippen molar-refractivity contribution in [3.05, 3.63) is 0 Å². The Morgan fingerprint density at radius 3 is 2.87 bits per heavy atom. The third-order valence-corrected chi connectivity index (χ3v) is 5.74. The normalized spacial score (nSPS) is 24.3. The van der Waals surface area contributed by atoms with Crippen LogP contribution < -0.4 is 5.32 Å². The van der Waals surface area contributed by atoms with Gasteiger partial charge in [-0.2, -0.15) is 16.1 Å². The van der Waals surface area contributed by atoms with Gasteiger partial charge in [0.1, 0.15) is 0 Å². The molecule has 1 heterocycles. The van der Waals surface area contributed by atoms with Gasteiger partial charge in [0.15, 0.2) is 0 Å². The van der Waals surface area contributed by atoms with Crippen molar-refractivity contribution >= 4 is 21.8 Å². The van der Waals surface area contributed by atoms with Gasteiger partial charge in [0, 0.05) is 24.1 Å². The van der Waals surface area contributed by atoms with Crippen molar-refractivity contribution in [2.45, 2.75) is 19.4 Å². The van der Waals surface area contributed by atoms with Crippen LogP contribution in [0.5, 0.6) is 0 Å². The van der Waals surface area contributed by atoms with E-state index in [2.05, 4.69) is 5.32 Å². The lowest BCUT2D eigenvalue weighted by atomic mass is 10.4. The van der Waals surface area contributed by atoms with Crippen molar-refractivity contribution in [3.63, 3.8) is 0 Å². The van der Waals surface area contributed by atoms with Gasteiger partial charge in [-0.1, -0.05) is 0 Å².